The Morgan fingerprint density at radius 2 is 2.14 bits per heavy atom. The molecule has 2 aromatic heterocycles. The van der Waals surface area contributed by atoms with Gasteiger partial charge >= 0.3 is 5.97 Å². The summed E-state index contributed by atoms with van der Waals surface area (Å²) < 4.78 is 5.79. The molecule has 0 unspecified atom stereocenters. The van der Waals surface area contributed by atoms with Crippen molar-refractivity contribution in [3.63, 3.8) is 0 Å². The number of aryl methyl sites for hydroxylation is 1. The lowest BCUT2D eigenvalue weighted by atomic mass is 10.2. The van der Waals surface area contributed by atoms with Gasteiger partial charge in [0.2, 0.25) is 0 Å². The Bertz CT molecular complexity index is 751. The van der Waals surface area contributed by atoms with Crippen LogP contribution < -0.4 is 10.9 Å². The van der Waals surface area contributed by atoms with Crippen molar-refractivity contribution in [3.8, 4) is 0 Å². The number of hydrogen-bond acceptors (Lipinski definition) is 5. The van der Waals surface area contributed by atoms with E-state index in [0.29, 0.717) is 5.65 Å². The minimum Gasteiger partial charge on any atom is -0.469 e. The van der Waals surface area contributed by atoms with Crippen LogP contribution in [0.25, 0.3) is 5.65 Å². The van der Waals surface area contributed by atoms with E-state index < -0.39 is 17.4 Å². The second kappa shape index (κ2) is 6.17. The van der Waals surface area contributed by atoms with E-state index in [-0.39, 0.29) is 18.5 Å². The highest BCUT2D eigenvalue weighted by Crippen LogP contribution is 2.01. The Morgan fingerprint density at radius 3 is 2.86 bits per heavy atom. The summed E-state index contributed by atoms with van der Waals surface area (Å²) in [7, 11) is 1.27. The summed E-state index contributed by atoms with van der Waals surface area (Å²) in [4.78, 5) is 39.2. The zero-order valence-electron chi connectivity index (χ0n) is 11.8. The van der Waals surface area contributed by atoms with Crippen LogP contribution in [0.5, 0.6) is 0 Å². The van der Waals surface area contributed by atoms with Crippen LogP contribution in [0.4, 0.5) is 0 Å². The van der Waals surface area contributed by atoms with Gasteiger partial charge < -0.3 is 10.1 Å². The topological polar surface area (TPSA) is 89.8 Å². The maximum absolute atomic E-state index is 12.2. The van der Waals surface area contributed by atoms with Crippen LogP contribution in [-0.4, -0.2) is 34.9 Å². The number of carbonyl (C=O) groups excluding carboxylic acids is 2. The zero-order chi connectivity index (χ0) is 15.4. The van der Waals surface area contributed by atoms with E-state index in [1.165, 1.54) is 17.7 Å². The minimum absolute atomic E-state index is 0.0453. The van der Waals surface area contributed by atoms with Gasteiger partial charge in [-0.15, -0.1) is 0 Å². The number of hydrogen-bond donors (Lipinski definition) is 1. The predicted molar refractivity (Wildman–Crippen MR) is 75.2 cm³/mol. The van der Waals surface area contributed by atoms with Crippen LogP contribution in [-0.2, 0) is 9.53 Å². The van der Waals surface area contributed by atoms with Gasteiger partial charge in [0.15, 0.2) is 0 Å². The van der Waals surface area contributed by atoms with Gasteiger partial charge in [-0.1, -0.05) is 6.07 Å². The summed E-state index contributed by atoms with van der Waals surface area (Å²) in [5, 5.41) is 2.49. The SMILES string of the molecule is COC(=O)CCNC(=O)c1cnc2ccc(C)cn2c1=O. The first-order valence-electron chi connectivity index (χ1n) is 6.36. The maximum Gasteiger partial charge on any atom is 0.307 e. The molecule has 1 N–H and O–H groups in total. The van der Waals surface area contributed by atoms with Gasteiger partial charge in [0, 0.05) is 18.9 Å². The molecule has 1 amide bonds. The average Bonchev–Trinajstić information content (AvgIpc) is 2.47. The molecule has 2 rings (SSSR count). The summed E-state index contributed by atoms with van der Waals surface area (Å²) in [6.07, 6.45) is 2.90. The highest BCUT2D eigenvalue weighted by atomic mass is 16.5. The molecule has 21 heavy (non-hydrogen) atoms. The Morgan fingerprint density at radius 1 is 1.38 bits per heavy atom. The fraction of sp³-hybridized carbons (Fsp3) is 0.286. The molecule has 0 fully saturated rings. The lowest BCUT2D eigenvalue weighted by Crippen LogP contribution is -2.33. The van der Waals surface area contributed by atoms with Crippen LogP contribution in [0.3, 0.4) is 0 Å². The minimum atomic E-state index is -0.563. The second-order valence-electron chi connectivity index (χ2n) is 4.49. The van der Waals surface area contributed by atoms with Crippen molar-refractivity contribution >= 4 is 17.5 Å². The molecule has 2 heterocycles. The van der Waals surface area contributed by atoms with Gasteiger partial charge in [-0.3, -0.25) is 18.8 Å². The van der Waals surface area contributed by atoms with Gasteiger partial charge in [-0.25, -0.2) is 4.98 Å². The fourth-order valence-electron chi connectivity index (χ4n) is 1.81. The number of nitrogens with one attached hydrogen (secondary N) is 1. The first-order chi connectivity index (χ1) is 10.0. The molecule has 7 heteroatoms. The van der Waals surface area contributed by atoms with Crippen LogP contribution in [0.15, 0.2) is 29.3 Å². The third-order valence-electron chi connectivity index (χ3n) is 2.94. The smallest absolute Gasteiger partial charge is 0.307 e. The quantitative estimate of drug-likeness (QED) is 0.817. The lowest BCUT2D eigenvalue weighted by molar-refractivity contribution is -0.140. The molecule has 0 spiro atoms. The van der Waals surface area contributed by atoms with E-state index in [4.69, 9.17) is 0 Å². The number of carbonyl (C=O) groups is 2. The first-order valence-corrected chi connectivity index (χ1v) is 6.36. The summed E-state index contributed by atoms with van der Waals surface area (Å²) in [5.74, 6) is -0.994. The molecule has 0 atom stereocenters. The summed E-state index contributed by atoms with van der Waals surface area (Å²) in [6, 6.07) is 3.54. The largest absolute Gasteiger partial charge is 0.469 e. The highest BCUT2D eigenvalue weighted by Gasteiger charge is 2.13. The van der Waals surface area contributed by atoms with Crippen molar-refractivity contribution in [1.82, 2.24) is 14.7 Å². The number of pyridine rings is 1. The summed E-state index contributed by atoms with van der Waals surface area (Å²) in [6.45, 7) is 1.94. The average molecular weight is 289 g/mol. The number of ether oxygens (including phenoxy) is 1. The number of fused-ring (bicyclic) bond motifs is 1. The van der Waals surface area contributed by atoms with Gasteiger partial charge in [0.25, 0.3) is 11.5 Å². The van der Waals surface area contributed by atoms with E-state index in [1.54, 1.807) is 12.3 Å². The second-order valence-corrected chi connectivity index (χ2v) is 4.49. The van der Waals surface area contributed by atoms with Crippen molar-refractivity contribution in [3.05, 3.63) is 46.0 Å². The standard InChI is InChI=1S/C14H15N3O4/c1-9-3-4-11-16-7-10(14(20)17(11)8-9)13(19)15-6-5-12(18)21-2/h3-4,7-8H,5-6H2,1-2H3,(H,15,19). The van der Waals surface area contributed by atoms with Crippen LogP contribution in [0, 0.1) is 6.92 Å². The van der Waals surface area contributed by atoms with Crippen LogP contribution in [0.2, 0.25) is 0 Å². The molecule has 0 aliphatic carbocycles. The predicted octanol–water partition coefficient (Wildman–Crippen LogP) is 0.296. The molecule has 0 aliphatic heterocycles. The van der Waals surface area contributed by atoms with Gasteiger partial charge in [0.05, 0.1) is 13.5 Å². The number of nitrogens with zero attached hydrogens (tertiary/aromatic N) is 2. The molecule has 0 aromatic carbocycles. The van der Waals surface area contributed by atoms with Crippen LogP contribution in [0.1, 0.15) is 22.3 Å². The summed E-state index contributed by atoms with van der Waals surface area (Å²) >= 11 is 0. The van der Waals surface area contributed by atoms with Crippen molar-refractivity contribution in [2.24, 2.45) is 0 Å². The van der Waals surface area contributed by atoms with E-state index in [2.05, 4.69) is 15.0 Å². The first kappa shape index (κ1) is 14.7. The maximum atomic E-state index is 12.2. The third kappa shape index (κ3) is 3.25. The molecule has 0 saturated heterocycles. The van der Waals surface area contributed by atoms with Gasteiger partial charge in [-0.05, 0) is 18.6 Å². The Balaban J connectivity index is 2.22. The fourth-order valence-corrected chi connectivity index (χ4v) is 1.81. The van der Waals surface area contributed by atoms with Crippen molar-refractivity contribution in [2.45, 2.75) is 13.3 Å². The summed E-state index contributed by atoms with van der Waals surface area (Å²) in [5.41, 5.74) is 0.841. The normalized spacial score (nSPS) is 10.4. The number of esters is 1. The molecule has 0 bridgehead atoms. The third-order valence-corrected chi connectivity index (χ3v) is 2.94. The molecular weight excluding hydrogens is 274 g/mol. The van der Waals surface area contributed by atoms with E-state index in [9.17, 15) is 14.4 Å². The van der Waals surface area contributed by atoms with Gasteiger partial charge in [0.1, 0.15) is 11.2 Å². The number of methoxy groups -OCH3 is 1. The van der Waals surface area contributed by atoms with Crippen LogP contribution >= 0.6 is 0 Å². The molecule has 110 valence electrons. The van der Waals surface area contributed by atoms with E-state index >= 15 is 0 Å². The molecule has 0 saturated carbocycles. The van der Waals surface area contributed by atoms with Crippen molar-refractivity contribution in [1.29, 1.82) is 0 Å². The van der Waals surface area contributed by atoms with Gasteiger partial charge in [-0.2, -0.15) is 0 Å². The Hall–Kier alpha value is -2.70. The lowest BCUT2D eigenvalue weighted by Gasteiger charge is -2.06. The molecule has 2 aromatic rings. The Labute approximate surface area is 120 Å². The molecule has 7 nitrogen and oxygen atoms in total. The zero-order valence-corrected chi connectivity index (χ0v) is 11.8. The highest BCUT2D eigenvalue weighted by molar-refractivity contribution is 5.93. The van der Waals surface area contributed by atoms with Crippen molar-refractivity contribution in [2.75, 3.05) is 13.7 Å². The molecule has 0 radical (unpaired) electrons. The molecule has 0 aliphatic rings. The number of amides is 1. The number of rotatable bonds is 4. The van der Waals surface area contributed by atoms with Crippen molar-refractivity contribution < 1.29 is 14.3 Å². The monoisotopic (exact) mass is 289 g/mol. The van der Waals surface area contributed by atoms with E-state index in [0.717, 1.165) is 5.56 Å². The molecular formula is C14H15N3O4. The number of aromatic nitrogens is 2. The van der Waals surface area contributed by atoms with E-state index in [1.807, 2.05) is 13.0 Å². The Kier molecular flexibility index (Phi) is 4.32.